The topological polar surface area (TPSA) is 67.2 Å². The molecule has 0 aromatic carbocycles. The Morgan fingerprint density at radius 2 is 1.76 bits per heavy atom. The fraction of sp³-hybridized carbons (Fsp3) is 0.861. The maximum atomic E-state index is 14.5. The lowest BCUT2D eigenvalue weighted by Crippen LogP contribution is -2.59. The number of hydrogen-bond donors (Lipinski definition) is 2. The summed E-state index contributed by atoms with van der Waals surface area (Å²) in [5, 5.41) is 22.0. The summed E-state index contributed by atoms with van der Waals surface area (Å²) >= 11 is 0. The van der Waals surface area contributed by atoms with E-state index < -0.39 is 0 Å². The van der Waals surface area contributed by atoms with Gasteiger partial charge in [-0.05, 0) is 98.5 Å². The summed E-state index contributed by atoms with van der Waals surface area (Å²) in [4.78, 5) is 22.3. The van der Waals surface area contributed by atoms with Crippen LogP contribution in [0.5, 0.6) is 0 Å². The number of ketones is 1. The molecule has 236 valence electrons. The third kappa shape index (κ3) is 5.09. The second kappa shape index (κ2) is 11.7. The molecule has 0 spiro atoms. The van der Waals surface area contributed by atoms with Crippen molar-refractivity contribution in [2.24, 2.45) is 40.4 Å². The van der Waals surface area contributed by atoms with Crippen LogP contribution in [0.25, 0.3) is 0 Å². The summed E-state index contributed by atoms with van der Waals surface area (Å²) in [5.74, 6) is 2.05. The average Bonchev–Trinajstić information content (AvgIpc) is 3.26. The number of fused-ring (bicyclic) bond motifs is 5. The van der Waals surface area contributed by atoms with Gasteiger partial charge in [0, 0.05) is 57.8 Å². The predicted octanol–water partition coefficient (Wildman–Crippen LogP) is 4.76. The molecule has 0 unspecified atom stereocenters. The van der Waals surface area contributed by atoms with Gasteiger partial charge in [0.25, 0.3) is 0 Å². The first-order valence-electron chi connectivity index (χ1n) is 17.5. The number of rotatable bonds is 6. The zero-order valence-corrected chi connectivity index (χ0v) is 27.4. The highest BCUT2D eigenvalue weighted by atomic mass is 16.3. The van der Waals surface area contributed by atoms with E-state index >= 15 is 0 Å². The van der Waals surface area contributed by atoms with Gasteiger partial charge >= 0.3 is 0 Å². The smallest absolute Gasteiger partial charge is 0.163 e. The van der Waals surface area contributed by atoms with Crippen molar-refractivity contribution in [3.05, 3.63) is 22.8 Å². The third-order valence-corrected chi connectivity index (χ3v) is 13.7. The molecule has 2 saturated heterocycles. The lowest BCUT2D eigenvalue weighted by molar-refractivity contribution is -0.123. The quantitative estimate of drug-likeness (QED) is 0.441. The summed E-state index contributed by atoms with van der Waals surface area (Å²) in [5.41, 5.74) is 3.64. The Morgan fingerprint density at radius 1 is 1.05 bits per heavy atom. The first-order chi connectivity index (χ1) is 20.0. The average molecular weight is 582 g/mol. The molecule has 42 heavy (non-hydrogen) atoms. The largest absolute Gasteiger partial charge is 0.393 e. The third-order valence-electron chi connectivity index (χ3n) is 13.7. The second-order valence-corrected chi connectivity index (χ2v) is 15.8. The summed E-state index contributed by atoms with van der Waals surface area (Å²) < 4.78 is 0. The van der Waals surface area contributed by atoms with Crippen molar-refractivity contribution in [2.45, 2.75) is 105 Å². The number of hydrogen-bond acceptors (Lipinski definition) is 6. The van der Waals surface area contributed by atoms with Gasteiger partial charge < -0.3 is 15.1 Å². The SMILES string of the molecule is CCN1CCN(CCN2C[C@@H](C)C[C@@H](O)[C@@H]2[C@@H](C)[C@]2(C)CC[C@@H]3C(=C2C)C(=O)[C@H]2[C@H]3CC=C3C[C@@H](O)CC[C@@]32C)CC1. The van der Waals surface area contributed by atoms with E-state index in [1.165, 1.54) is 11.1 Å². The molecule has 10 atom stereocenters. The molecule has 6 heteroatoms. The highest BCUT2D eigenvalue weighted by Gasteiger charge is 2.60. The lowest BCUT2D eigenvalue weighted by atomic mass is 9.56. The van der Waals surface area contributed by atoms with Crippen LogP contribution in [0.15, 0.2) is 22.8 Å². The molecule has 2 heterocycles. The van der Waals surface area contributed by atoms with E-state index in [0.717, 1.165) is 103 Å². The molecule has 0 aromatic rings. The van der Waals surface area contributed by atoms with Crippen molar-refractivity contribution in [3.8, 4) is 0 Å². The second-order valence-electron chi connectivity index (χ2n) is 15.8. The van der Waals surface area contributed by atoms with Crippen LogP contribution in [0, 0.1) is 40.4 Å². The van der Waals surface area contributed by atoms with Gasteiger partial charge in [-0.1, -0.05) is 51.8 Å². The van der Waals surface area contributed by atoms with E-state index in [0.29, 0.717) is 23.5 Å². The highest BCUT2D eigenvalue weighted by molar-refractivity contribution is 6.02. The fourth-order valence-electron chi connectivity index (χ4n) is 10.8. The number of nitrogens with zero attached hydrogens (tertiary/aromatic N) is 3. The molecule has 4 aliphatic carbocycles. The predicted molar refractivity (Wildman–Crippen MR) is 169 cm³/mol. The molecule has 6 nitrogen and oxygen atoms in total. The van der Waals surface area contributed by atoms with Crippen molar-refractivity contribution < 1.29 is 15.0 Å². The van der Waals surface area contributed by atoms with Gasteiger partial charge in [-0.25, -0.2) is 0 Å². The first-order valence-corrected chi connectivity index (χ1v) is 17.5. The van der Waals surface area contributed by atoms with E-state index in [9.17, 15) is 15.0 Å². The van der Waals surface area contributed by atoms with Gasteiger partial charge in [0.05, 0.1) is 12.2 Å². The van der Waals surface area contributed by atoms with Crippen molar-refractivity contribution in [3.63, 3.8) is 0 Å². The van der Waals surface area contributed by atoms with Crippen molar-refractivity contribution in [2.75, 3.05) is 52.4 Å². The van der Waals surface area contributed by atoms with Crippen LogP contribution in [0.1, 0.15) is 86.5 Å². The van der Waals surface area contributed by atoms with Crippen molar-refractivity contribution in [1.29, 1.82) is 0 Å². The standard InChI is InChI=1S/C36H59N3O3/c1-7-37-14-16-38(17-15-37)18-19-39-22-23(2)20-30(41)33(39)25(4)35(5)13-11-28-29-9-8-26-21-27(40)10-12-36(26,6)32(29)34(42)31(28)24(35)3/h8,23,25,27-30,32-33,40-41H,7,9-22H2,1-6H3/t23-,25+,27-,28-,29-,30+,32+,33-,35+,36-/m0/s1. The molecule has 2 N–H and O–H groups in total. The lowest BCUT2D eigenvalue weighted by Gasteiger charge is -2.52. The summed E-state index contributed by atoms with van der Waals surface area (Å²) in [6.45, 7) is 22.8. The van der Waals surface area contributed by atoms with Crippen LogP contribution in [0.2, 0.25) is 0 Å². The number of aliphatic hydroxyl groups excluding tert-OH is 2. The Kier molecular flexibility index (Phi) is 8.63. The molecule has 0 radical (unpaired) electrons. The van der Waals surface area contributed by atoms with E-state index in [2.05, 4.69) is 62.3 Å². The molecule has 0 amide bonds. The molecular weight excluding hydrogens is 522 g/mol. The van der Waals surface area contributed by atoms with Crippen LogP contribution < -0.4 is 0 Å². The monoisotopic (exact) mass is 581 g/mol. The van der Waals surface area contributed by atoms with E-state index in [-0.39, 0.29) is 40.9 Å². The van der Waals surface area contributed by atoms with Crippen LogP contribution in [0.4, 0.5) is 0 Å². The van der Waals surface area contributed by atoms with Crippen molar-refractivity contribution in [1.82, 2.24) is 14.7 Å². The number of carbonyl (C=O) groups is 1. The van der Waals surface area contributed by atoms with Gasteiger partial charge in [0.15, 0.2) is 5.78 Å². The Bertz CT molecular complexity index is 1090. The Labute approximate surface area is 255 Å². The molecule has 6 rings (SSSR count). The minimum atomic E-state index is -0.325. The van der Waals surface area contributed by atoms with E-state index in [1.807, 2.05) is 0 Å². The molecule has 6 aliphatic rings. The van der Waals surface area contributed by atoms with Gasteiger partial charge in [-0.3, -0.25) is 14.6 Å². The Morgan fingerprint density at radius 3 is 2.48 bits per heavy atom. The molecule has 2 saturated carbocycles. The number of Topliss-reactive ketones (excluding diaryl/α,β-unsaturated/α-hetero) is 1. The number of piperidine rings is 1. The summed E-state index contributed by atoms with van der Waals surface area (Å²) in [7, 11) is 0. The van der Waals surface area contributed by atoms with E-state index in [1.54, 1.807) is 0 Å². The highest BCUT2D eigenvalue weighted by Crippen LogP contribution is 2.63. The molecule has 2 aliphatic heterocycles. The fourth-order valence-corrected chi connectivity index (χ4v) is 10.8. The Balaban J connectivity index is 1.23. The summed E-state index contributed by atoms with van der Waals surface area (Å²) in [6, 6.07) is 0.125. The number of likely N-dealkylation sites (tertiary alicyclic amines) is 1. The van der Waals surface area contributed by atoms with Gasteiger partial charge in [-0.2, -0.15) is 0 Å². The van der Waals surface area contributed by atoms with Crippen LogP contribution in [0.3, 0.4) is 0 Å². The molecule has 0 bridgehead atoms. The van der Waals surface area contributed by atoms with Crippen molar-refractivity contribution >= 4 is 5.78 Å². The number of piperazine rings is 1. The zero-order valence-electron chi connectivity index (χ0n) is 27.4. The Hall–Kier alpha value is -1.05. The van der Waals surface area contributed by atoms with Gasteiger partial charge in [0.1, 0.15) is 0 Å². The molecular formula is C36H59N3O3. The number of likely N-dealkylation sites (N-methyl/N-ethyl adjacent to an activating group) is 1. The normalized spacial score (nSPS) is 44.4. The minimum Gasteiger partial charge on any atom is -0.393 e. The number of allylic oxidation sites excluding steroid dienone is 3. The maximum Gasteiger partial charge on any atom is 0.163 e. The zero-order chi connectivity index (χ0) is 30.0. The maximum absolute atomic E-state index is 14.5. The number of aliphatic hydroxyl groups is 2. The number of carbonyl (C=O) groups excluding carboxylic acids is 1. The van der Waals surface area contributed by atoms with E-state index in [4.69, 9.17) is 0 Å². The summed E-state index contributed by atoms with van der Waals surface area (Å²) in [6.07, 6.45) is 8.35. The molecule has 4 fully saturated rings. The van der Waals surface area contributed by atoms with Gasteiger partial charge in [-0.15, -0.1) is 0 Å². The van der Waals surface area contributed by atoms with Crippen LogP contribution >= 0.6 is 0 Å². The van der Waals surface area contributed by atoms with Gasteiger partial charge in [0.2, 0.25) is 0 Å². The first kappa shape index (κ1) is 31.0. The molecule has 0 aromatic heterocycles. The van der Waals surface area contributed by atoms with Crippen LogP contribution in [-0.4, -0.2) is 101 Å². The minimum absolute atomic E-state index is 0.0726. The van der Waals surface area contributed by atoms with Crippen LogP contribution in [-0.2, 0) is 4.79 Å².